The van der Waals surface area contributed by atoms with Crippen LogP contribution in [0.25, 0.3) is 0 Å². The molecule has 0 unspecified atom stereocenters. The van der Waals surface area contributed by atoms with E-state index in [0.29, 0.717) is 12.2 Å². The maximum Gasteiger partial charge on any atom is 1.00 e. The summed E-state index contributed by atoms with van der Waals surface area (Å²) >= 11 is 1.50. The Labute approximate surface area is 176 Å². The smallest absolute Gasteiger partial charge is 0.547 e. The number of hydrogen-bond donors (Lipinski definition) is 0. The van der Waals surface area contributed by atoms with Crippen LogP contribution in [0.15, 0.2) is 30.3 Å². The van der Waals surface area contributed by atoms with E-state index in [0.717, 1.165) is 0 Å². The van der Waals surface area contributed by atoms with Gasteiger partial charge >= 0.3 is 51.4 Å². The van der Waals surface area contributed by atoms with Crippen molar-refractivity contribution < 1.29 is 70.8 Å². The molecule has 0 N–H and O–H groups in total. The SMILES string of the molecule is CC1(C)S[C@@H]2CC(=O)N2[C@@]1(COc1ccccc1)C(=O)[O-].[K+]. The molecule has 0 aliphatic carbocycles. The molecule has 7 heteroatoms. The summed E-state index contributed by atoms with van der Waals surface area (Å²) < 4.78 is 4.99. The number of hydrogen-bond acceptors (Lipinski definition) is 5. The molecule has 1 amide bonds. The number of rotatable bonds is 4. The summed E-state index contributed by atoms with van der Waals surface area (Å²) in [6.07, 6.45) is 0.383. The predicted molar refractivity (Wildman–Crippen MR) is 76.6 cm³/mol. The van der Waals surface area contributed by atoms with Crippen LogP contribution in [-0.2, 0) is 9.59 Å². The van der Waals surface area contributed by atoms with Crippen molar-refractivity contribution in [1.82, 2.24) is 4.90 Å². The molecule has 0 spiro atoms. The molecule has 0 saturated carbocycles. The second kappa shape index (κ2) is 6.45. The van der Waals surface area contributed by atoms with Gasteiger partial charge in [0.2, 0.25) is 5.91 Å². The van der Waals surface area contributed by atoms with E-state index in [-0.39, 0.29) is 69.3 Å². The first-order chi connectivity index (χ1) is 9.88. The van der Waals surface area contributed by atoms with E-state index in [1.807, 2.05) is 32.0 Å². The minimum absolute atomic E-state index is 0. The first-order valence-electron chi connectivity index (χ1n) is 6.78. The van der Waals surface area contributed by atoms with Crippen molar-refractivity contribution >= 4 is 23.6 Å². The topological polar surface area (TPSA) is 69.7 Å². The molecule has 2 atom stereocenters. The van der Waals surface area contributed by atoms with Crippen LogP contribution in [0, 0.1) is 0 Å². The van der Waals surface area contributed by atoms with Gasteiger partial charge < -0.3 is 19.5 Å². The van der Waals surface area contributed by atoms with E-state index in [1.54, 1.807) is 12.1 Å². The van der Waals surface area contributed by atoms with E-state index >= 15 is 0 Å². The molecule has 2 heterocycles. The van der Waals surface area contributed by atoms with Gasteiger partial charge in [-0.05, 0) is 26.0 Å². The first kappa shape index (κ1) is 18.3. The van der Waals surface area contributed by atoms with Crippen LogP contribution >= 0.6 is 11.8 Å². The van der Waals surface area contributed by atoms with Gasteiger partial charge in [-0.2, -0.15) is 0 Å². The Bertz CT molecular complexity index is 594. The van der Waals surface area contributed by atoms with E-state index < -0.39 is 16.3 Å². The maximum atomic E-state index is 11.9. The first-order valence-corrected chi connectivity index (χ1v) is 7.66. The van der Waals surface area contributed by atoms with Crippen molar-refractivity contribution in [3.63, 3.8) is 0 Å². The van der Waals surface area contributed by atoms with Crippen LogP contribution in [0.3, 0.4) is 0 Å². The molecule has 2 saturated heterocycles. The van der Waals surface area contributed by atoms with Crippen molar-refractivity contribution in [2.45, 2.75) is 35.9 Å². The average molecular weight is 345 g/mol. The van der Waals surface area contributed by atoms with Crippen molar-refractivity contribution in [1.29, 1.82) is 0 Å². The van der Waals surface area contributed by atoms with Gasteiger partial charge in [0.1, 0.15) is 17.9 Å². The molecule has 22 heavy (non-hydrogen) atoms. The van der Waals surface area contributed by atoms with Gasteiger partial charge in [0, 0.05) is 4.75 Å². The van der Waals surface area contributed by atoms with Gasteiger partial charge in [0.05, 0.1) is 17.8 Å². The largest absolute Gasteiger partial charge is 1.00 e. The quantitative estimate of drug-likeness (QED) is 0.451. The van der Waals surface area contributed by atoms with Crippen molar-refractivity contribution in [2.24, 2.45) is 0 Å². The molecule has 1 aromatic rings. The van der Waals surface area contributed by atoms with E-state index in [4.69, 9.17) is 4.74 Å². The fraction of sp³-hybridized carbons (Fsp3) is 0.467. The minimum atomic E-state index is -1.44. The van der Waals surface area contributed by atoms with Crippen LogP contribution in [0.4, 0.5) is 0 Å². The molecule has 0 aromatic heterocycles. The maximum absolute atomic E-state index is 11.9. The summed E-state index contributed by atoms with van der Waals surface area (Å²) in [6, 6.07) is 8.99. The number of carboxylic acid groups (broad SMARTS) is 1. The molecule has 2 fully saturated rings. The number of aliphatic carboxylic acids is 1. The molecule has 112 valence electrons. The molecule has 2 aliphatic heterocycles. The second-order valence-corrected chi connectivity index (χ2v) is 7.60. The van der Waals surface area contributed by atoms with Crippen molar-refractivity contribution in [3.05, 3.63) is 30.3 Å². The third-order valence-corrected chi connectivity index (χ3v) is 5.85. The zero-order valence-corrected chi connectivity index (χ0v) is 16.8. The third kappa shape index (κ3) is 2.65. The van der Waals surface area contributed by atoms with Crippen molar-refractivity contribution in [2.75, 3.05) is 6.61 Å². The van der Waals surface area contributed by atoms with Gasteiger partial charge in [-0.25, -0.2) is 0 Å². The number of fused-ring (bicyclic) bond motifs is 1. The van der Waals surface area contributed by atoms with Crippen molar-refractivity contribution in [3.8, 4) is 5.75 Å². The zero-order chi connectivity index (χ0) is 15.3. The number of β-lactam (4-membered cyclic amide) rings is 1. The number of carbonyl (C=O) groups is 2. The zero-order valence-electron chi connectivity index (χ0n) is 12.9. The summed E-state index contributed by atoms with van der Waals surface area (Å²) in [5, 5.41) is 11.8. The number of ether oxygens (including phenoxy) is 1. The van der Waals surface area contributed by atoms with Gasteiger partial charge in [0.25, 0.3) is 0 Å². The number of carboxylic acids is 1. The Hall–Kier alpha value is -0.0536. The van der Waals surface area contributed by atoms with E-state index in [1.165, 1.54) is 16.7 Å². The fourth-order valence-electron chi connectivity index (χ4n) is 3.02. The predicted octanol–water partition coefficient (Wildman–Crippen LogP) is -2.36. The van der Waals surface area contributed by atoms with Crippen LogP contribution < -0.4 is 61.2 Å². The monoisotopic (exact) mass is 345 g/mol. The number of benzene rings is 1. The molecule has 5 nitrogen and oxygen atoms in total. The Morgan fingerprint density at radius 1 is 1.41 bits per heavy atom. The van der Waals surface area contributed by atoms with Crippen LogP contribution in [-0.4, -0.2) is 39.0 Å². The molecule has 2 aliphatic rings. The van der Waals surface area contributed by atoms with Gasteiger partial charge in [-0.3, -0.25) is 4.79 Å². The van der Waals surface area contributed by atoms with Gasteiger partial charge in [-0.15, -0.1) is 11.8 Å². The average Bonchev–Trinajstić information content (AvgIpc) is 2.61. The molecular formula is C15H16KNO4S. The van der Waals surface area contributed by atoms with E-state index in [2.05, 4.69) is 0 Å². The van der Waals surface area contributed by atoms with Gasteiger partial charge in [-0.1, -0.05) is 18.2 Å². The second-order valence-electron chi connectivity index (χ2n) is 5.80. The molecule has 3 rings (SSSR count). The molecule has 1 aromatic carbocycles. The van der Waals surface area contributed by atoms with E-state index in [9.17, 15) is 14.7 Å². The van der Waals surface area contributed by atoms with Crippen LogP contribution in [0.5, 0.6) is 5.75 Å². The molecule has 0 radical (unpaired) electrons. The van der Waals surface area contributed by atoms with Gasteiger partial charge in [0.15, 0.2) is 0 Å². The third-order valence-electron chi connectivity index (χ3n) is 4.27. The summed E-state index contributed by atoms with van der Waals surface area (Å²) in [4.78, 5) is 25.2. The summed E-state index contributed by atoms with van der Waals surface area (Å²) in [5.41, 5.74) is -1.44. The Morgan fingerprint density at radius 3 is 2.59 bits per heavy atom. The summed E-state index contributed by atoms with van der Waals surface area (Å²) in [5.74, 6) is -0.833. The van der Waals surface area contributed by atoms with Crippen LogP contribution in [0.2, 0.25) is 0 Å². The number of amides is 1. The number of carbonyl (C=O) groups excluding carboxylic acids is 2. The molecule has 0 bridgehead atoms. The summed E-state index contributed by atoms with van der Waals surface area (Å²) in [7, 11) is 0. The number of para-hydroxylation sites is 1. The molecular weight excluding hydrogens is 329 g/mol. The Kier molecular flexibility index (Phi) is 5.36. The fourth-order valence-corrected chi connectivity index (χ4v) is 4.76. The summed E-state index contributed by atoms with van der Waals surface area (Å²) in [6.45, 7) is 3.54. The Balaban J connectivity index is 0.00000176. The van der Waals surface area contributed by atoms with Crippen LogP contribution in [0.1, 0.15) is 20.3 Å². The number of thioether (sulfide) groups is 1. The standard InChI is InChI=1S/C15H17NO4S.K/c1-14(2)15(13(18)19,16-11(17)8-12(16)21-14)9-20-10-6-4-3-5-7-10;/h3-7,12H,8-9H2,1-2H3,(H,18,19);/q;+1/p-1/t12-,15+;/m1./s1. The minimum Gasteiger partial charge on any atom is -0.547 e. The normalized spacial score (nSPS) is 28.4. The number of nitrogens with zero attached hydrogens (tertiary/aromatic N) is 1. The Morgan fingerprint density at radius 2 is 2.05 bits per heavy atom.